The lowest BCUT2D eigenvalue weighted by molar-refractivity contribution is -0.115. The van der Waals surface area contributed by atoms with Gasteiger partial charge in [-0.2, -0.15) is 0 Å². The van der Waals surface area contributed by atoms with Crippen LogP contribution in [-0.4, -0.2) is 64.7 Å². The Morgan fingerprint density at radius 1 is 0.559 bits per heavy atom. The van der Waals surface area contributed by atoms with Crippen LogP contribution in [0.5, 0.6) is 23.0 Å². The number of rotatable bonds is 2. The second kappa shape index (κ2) is 13.3. The quantitative estimate of drug-likeness (QED) is 0.683. The van der Waals surface area contributed by atoms with Crippen LogP contribution in [0.15, 0.2) is 36.4 Å². The second-order valence-corrected chi connectivity index (χ2v) is 7.30. The topological polar surface area (TPSA) is 114 Å². The van der Waals surface area contributed by atoms with Crippen molar-refractivity contribution in [3.63, 3.8) is 0 Å². The average Bonchev–Trinajstić information content (AvgIpc) is 2.78. The third kappa shape index (κ3) is 8.45. The molecule has 0 unspecified atom stereocenters. The number of nitrogens with one attached hydrogen (secondary N) is 2. The monoisotopic (exact) mass is 474 g/mol. The Bertz CT molecular complexity index is 888. The number of carbonyl (C=O) groups excluding carboxylic acids is 2. The van der Waals surface area contributed by atoms with Crippen LogP contribution in [0.3, 0.4) is 0 Å². The van der Waals surface area contributed by atoms with Crippen molar-refractivity contribution in [1.29, 1.82) is 0 Å². The van der Waals surface area contributed by atoms with Gasteiger partial charge in [-0.15, -0.1) is 0 Å². The first-order valence-electron chi connectivity index (χ1n) is 11.0. The molecule has 2 aromatic carbocycles. The molecule has 3 rings (SSSR count). The van der Waals surface area contributed by atoms with E-state index in [4.69, 9.17) is 28.4 Å². The molecule has 0 fully saturated rings. The molecule has 1 aliphatic rings. The summed E-state index contributed by atoms with van der Waals surface area (Å²) >= 11 is 0. The predicted molar refractivity (Wildman–Crippen MR) is 125 cm³/mol. The van der Waals surface area contributed by atoms with E-state index in [0.717, 1.165) is 0 Å². The van der Waals surface area contributed by atoms with Crippen molar-refractivity contribution >= 4 is 23.2 Å². The molecule has 1 heterocycles. The fourth-order valence-corrected chi connectivity index (χ4v) is 3.09. The molecule has 0 aromatic heterocycles. The zero-order chi connectivity index (χ0) is 24.2. The van der Waals surface area contributed by atoms with Crippen molar-refractivity contribution in [3.8, 4) is 23.0 Å². The zero-order valence-electron chi connectivity index (χ0n) is 19.4. The molecule has 0 saturated carbocycles. The van der Waals surface area contributed by atoms with Gasteiger partial charge in [0.25, 0.3) is 0 Å². The standard InChI is InChI=1S/C24H30N2O8/c1-17(27)25-19-3-5-21-23(15-19)33-13-14-34-24-16-20(26-18(2)28)4-6-22(24)32-12-10-30-8-7-29-9-11-31-21/h3-6,15-16H,7-14H2,1-2H3,(H,25,27)(H,26,28). The summed E-state index contributed by atoms with van der Waals surface area (Å²) in [6.07, 6.45) is 0. The highest BCUT2D eigenvalue weighted by Gasteiger charge is 2.11. The van der Waals surface area contributed by atoms with Gasteiger partial charge in [0.1, 0.15) is 26.4 Å². The Kier molecular flexibility index (Phi) is 9.80. The van der Waals surface area contributed by atoms with Gasteiger partial charge in [-0.25, -0.2) is 0 Å². The lowest BCUT2D eigenvalue weighted by Crippen LogP contribution is -2.16. The summed E-state index contributed by atoms with van der Waals surface area (Å²) in [5.74, 6) is 1.59. The maximum absolute atomic E-state index is 11.4. The lowest BCUT2D eigenvalue weighted by Gasteiger charge is -2.17. The molecule has 0 aliphatic carbocycles. The van der Waals surface area contributed by atoms with E-state index in [0.29, 0.717) is 74.0 Å². The van der Waals surface area contributed by atoms with Crippen LogP contribution in [0.4, 0.5) is 11.4 Å². The minimum Gasteiger partial charge on any atom is -0.487 e. The van der Waals surface area contributed by atoms with E-state index >= 15 is 0 Å². The fourth-order valence-electron chi connectivity index (χ4n) is 3.09. The first-order valence-corrected chi connectivity index (χ1v) is 11.0. The number of anilines is 2. The van der Waals surface area contributed by atoms with Gasteiger partial charge in [-0.1, -0.05) is 0 Å². The minimum absolute atomic E-state index is 0.188. The normalized spacial score (nSPS) is 15.4. The Balaban J connectivity index is 1.74. The SMILES string of the molecule is CC(=O)Nc1ccc2c(c1)OCCOc1cc(NC(C)=O)ccc1OCCOCCOCCO2. The van der Waals surface area contributed by atoms with E-state index in [1.165, 1.54) is 13.8 Å². The number of benzene rings is 2. The van der Waals surface area contributed by atoms with Crippen LogP contribution in [-0.2, 0) is 19.1 Å². The van der Waals surface area contributed by atoms with Crippen LogP contribution in [0.25, 0.3) is 0 Å². The van der Waals surface area contributed by atoms with Crippen molar-refractivity contribution in [2.75, 3.05) is 63.5 Å². The number of ether oxygens (including phenoxy) is 6. The van der Waals surface area contributed by atoms with Gasteiger partial charge in [0.05, 0.1) is 26.4 Å². The van der Waals surface area contributed by atoms with E-state index in [1.807, 2.05) is 0 Å². The van der Waals surface area contributed by atoms with Crippen molar-refractivity contribution in [2.45, 2.75) is 13.8 Å². The van der Waals surface area contributed by atoms with Crippen molar-refractivity contribution in [3.05, 3.63) is 36.4 Å². The Morgan fingerprint density at radius 3 is 1.32 bits per heavy atom. The van der Waals surface area contributed by atoms with Gasteiger partial charge in [0.2, 0.25) is 11.8 Å². The van der Waals surface area contributed by atoms with E-state index in [-0.39, 0.29) is 25.0 Å². The first-order chi connectivity index (χ1) is 16.5. The van der Waals surface area contributed by atoms with Gasteiger partial charge >= 0.3 is 0 Å². The third-order valence-electron chi connectivity index (χ3n) is 4.47. The van der Waals surface area contributed by atoms with Gasteiger partial charge in [0.15, 0.2) is 23.0 Å². The number of hydrogen-bond acceptors (Lipinski definition) is 8. The first kappa shape index (κ1) is 25.1. The molecule has 184 valence electrons. The van der Waals surface area contributed by atoms with Crippen LogP contribution in [0.2, 0.25) is 0 Å². The molecular formula is C24H30N2O8. The van der Waals surface area contributed by atoms with Gasteiger partial charge in [-0.3, -0.25) is 9.59 Å². The van der Waals surface area contributed by atoms with Crippen molar-refractivity contribution in [2.24, 2.45) is 0 Å². The summed E-state index contributed by atoms with van der Waals surface area (Å²) in [7, 11) is 0. The van der Waals surface area contributed by atoms with Crippen LogP contribution >= 0.6 is 0 Å². The molecular weight excluding hydrogens is 444 g/mol. The van der Waals surface area contributed by atoms with E-state index in [2.05, 4.69) is 10.6 Å². The number of hydrogen-bond donors (Lipinski definition) is 2. The highest BCUT2D eigenvalue weighted by atomic mass is 16.6. The molecule has 0 saturated heterocycles. The second-order valence-electron chi connectivity index (χ2n) is 7.30. The van der Waals surface area contributed by atoms with E-state index in [1.54, 1.807) is 36.4 Å². The zero-order valence-corrected chi connectivity index (χ0v) is 19.4. The molecule has 2 amide bonds. The third-order valence-corrected chi connectivity index (χ3v) is 4.47. The van der Waals surface area contributed by atoms with Gasteiger partial charge in [-0.05, 0) is 24.3 Å². The largest absolute Gasteiger partial charge is 0.487 e. The van der Waals surface area contributed by atoms with Crippen LogP contribution < -0.4 is 29.6 Å². The van der Waals surface area contributed by atoms with Gasteiger partial charge in [0, 0.05) is 37.4 Å². The van der Waals surface area contributed by atoms with E-state index in [9.17, 15) is 9.59 Å². The highest BCUT2D eigenvalue weighted by molar-refractivity contribution is 5.89. The summed E-state index contributed by atoms with van der Waals surface area (Å²) in [4.78, 5) is 22.8. The number of carbonyl (C=O) groups is 2. The van der Waals surface area contributed by atoms with Crippen molar-refractivity contribution < 1.29 is 38.0 Å². The maximum Gasteiger partial charge on any atom is 0.221 e. The average molecular weight is 475 g/mol. The molecule has 10 nitrogen and oxygen atoms in total. The van der Waals surface area contributed by atoms with Crippen LogP contribution in [0, 0.1) is 0 Å². The van der Waals surface area contributed by atoms with E-state index < -0.39 is 0 Å². The summed E-state index contributed by atoms with van der Waals surface area (Å²) in [6.45, 7) is 5.55. The highest BCUT2D eigenvalue weighted by Crippen LogP contribution is 2.32. The molecule has 10 heteroatoms. The molecule has 1 aliphatic heterocycles. The number of amides is 2. The lowest BCUT2D eigenvalue weighted by atomic mass is 10.2. The van der Waals surface area contributed by atoms with Gasteiger partial charge < -0.3 is 39.1 Å². The Hall–Kier alpha value is -3.50. The molecule has 2 N–H and O–H groups in total. The molecule has 0 bridgehead atoms. The molecule has 0 radical (unpaired) electrons. The Labute approximate surface area is 198 Å². The smallest absolute Gasteiger partial charge is 0.221 e. The Morgan fingerprint density at radius 2 is 0.912 bits per heavy atom. The maximum atomic E-state index is 11.4. The summed E-state index contributed by atoms with van der Waals surface area (Å²) in [6, 6.07) is 10.3. The molecule has 2 aromatic rings. The van der Waals surface area contributed by atoms with Crippen molar-refractivity contribution in [1.82, 2.24) is 0 Å². The molecule has 34 heavy (non-hydrogen) atoms. The summed E-state index contributed by atoms with van der Waals surface area (Å²) in [5, 5.41) is 5.45. The predicted octanol–water partition coefficient (Wildman–Crippen LogP) is 2.87. The molecule has 0 spiro atoms. The molecule has 0 atom stereocenters. The summed E-state index contributed by atoms with van der Waals surface area (Å²) < 4.78 is 34.4. The minimum atomic E-state index is -0.188. The van der Waals surface area contributed by atoms with Crippen LogP contribution in [0.1, 0.15) is 13.8 Å². The number of fused-ring (bicyclic) bond motifs is 2. The fraction of sp³-hybridized carbons (Fsp3) is 0.417. The summed E-state index contributed by atoms with van der Waals surface area (Å²) in [5.41, 5.74) is 1.18.